The van der Waals surface area contributed by atoms with Crippen LogP contribution in [0.3, 0.4) is 0 Å². The Kier molecular flexibility index (Phi) is 6.01. The maximum atomic E-state index is 5.34. The first-order valence-corrected chi connectivity index (χ1v) is 7.68. The third kappa shape index (κ3) is 4.03. The second-order valence-corrected chi connectivity index (χ2v) is 5.46. The van der Waals surface area contributed by atoms with E-state index in [0.29, 0.717) is 11.5 Å². The zero-order chi connectivity index (χ0) is 15.4. The molecule has 3 rings (SSSR count). The number of para-hydroxylation sites is 1. The highest BCUT2D eigenvalue weighted by Crippen LogP contribution is 2.33. The van der Waals surface area contributed by atoms with Crippen LogP contribution in [0, 0.1) is 0 Å². The van der Waals surface area contributed by atoms with Gasteiger partial charge in [-0.2, -0.15) is 0 Å². The van der Waals surface area contributed by atoms with E-state index in [2.05, 4.69) is 10.3 Å². The van der Waals surface area contributed by atoms with Gasteiger partial charge in [-0.05, 0) is 30.3 Å². The van der Waals surface area contributed by atoms with E-state index in [0.717, 1.165) is 22.1 Å². The number of thiazole rings is 1. The summed E-state index contributed by atoms with van der Waals surface area (Å²) in [6.07, 6.45) is 0. The van der Waals surface area contributed by atoms with Gasteiger partial charge < -0.3 is 14.8 Å². The molecule has 23 heavy (non-hydrogen) atoms. The molecule has 1 N–H and O–H groups in total. The molecule has 3 aromatic rings. The standard InChI is InChI=1S/C17H16N2O2S.BrH/c1-20-15-9-8-12(10-16(15)21-2)14-11-22-17(19-14)18-13-6-4-3-5-7-13;/h3-11H,1-2H3,(H,18,19);1H. The lowest BCUT2D eigenvalue weighted by molar-refractivity contribution is 0.355. The highest BCUT2D eigenvalue weighted by Gasteiger charge is 2.09. The van der Waals surface area contributed by atoms with Gasteiger partial charge in [0.1, 0.15) is 0 Å². The quantitative estimate of drug-likeness (QED) is 0.651. The Hall–Kier alpha value is -2.05. The third-order valence-corrected chi connectivity index (χ3v) is 3.97. The van der Waals surface area contributed by atoms with Gasteiger partial charge in [-0.25, -0.2) is 4.98 Å². The summed E-state index contributed by atoms with van der Waals surface area (Å²) in [6, 6.07) is 15.8. The van der Waals surface area contributed by atoms with Crippen molar-refractivity contribution in [3.8, 4) is 22.8 Å². The summed E-state index contributed by atoms with van der Waals surface area (Å²) < 4.78 is 10.6. The summed E-state index contributed by atoms with van der Waals surface area (Å²) in [5.41, 5.74) is 2.93. The average molecular weight is 393 g/mol. The Morgan fingerprint density at radius 3 is 2.39 bits per heavy atom. The molecular formula is C17H17BrN2O2S. The Labute approximate surface area is 149 Å². The van der Waals surface area contributed by atoms with Gasteiger partial charge in [0.2, 0.25) is 0 Å². The first kappa shape index (κ1) is 17.3. The molecule has 6 heteroatoms. The zero-order valence-electron chi connectivity index (χ0n) is 12.8. The highest BCUT2D eigenvalue weighted by atomic mass is 79.9. The first-order chi connectivity index (χ1) is 10.8. The van der Waals surface area contributed by atoms with Crippen LogP contribution in [0.15, 0.2) is 53.9 Å². The van der Waals surface area contributed by atoms with E-state index >= 15 is 0 Å². The average Bonchev–Trinajstić information content (AvgIpc) is 3.03. The van der Waals surface area contributed by atoms with Crippen molar-refractivity contribution in [3.05, 3.63) is 53.9 Å². The van der Waals surface area contributed by atoms with Crippen molar-refractivity contribution in [3.63, 3.8) is 0 Å². The molecule has 0 unspecified atom stereocenters. The summed E-state index contributed by atoms with van der Waals surface area (Å²) in [5, 5.41) is 6.17. The van der Waals surface area contributed by atoms with Crippen molar-refractivity contribution in [1.29, 1.82) is 0 Å². The molecule has 0 spiro atoms. The molecule has 2 aromatic carbocycles. The molecule has 120 valence electrons. The van der Waals surface area contributed by atoms with Gasteiger partial charge in [-0.3, -0.25) is 0 Å². The minimum atomic E-state index is 0. The summed E-state index contributed by atoms with van der Waals surface area (Å²) in [5.74, 6) is 1.41. The monoisotopic (exact) mass is 392 g/mol. The topological polar surface area (TPSA) is 43.4 Å². The molecule has 0 saturated carbocycles. The van der Waals surface area contributed by atoms with Crippen LogP contribution in [0.1, 0.15) is 0 Å². The number of nitrogens with one attached hydrogen (secondary N) is 1. The fourth-order valence-corrected chi connectivity index (χ4v) is 2.84. The minimum absolute atomic E-state index is 0. The van der Waals surface area contributed by atoms with Crippen LogP contribution in [0.25, 0.3) is 11.3 Å². The smallest absolute Gasteiger partial charge is 0.187 e. The third-order valence-electron chi connectivity index (χ3n) is 3.21. The predicted molar refractivity (Wildman–Crippen MR) is 101 cm³/mol. The van der Waals surface area contributed by atoms with Crippen molar-refractivity contribution in [2.24, 2.45) is 0 Å². The van der Waals surface area contributed by atoms with E-state index in [-0.39, 0.29) is 17.0 Å². The Bertz CT molecular complexity index is 762. The first-order valence-electron chi connectivity index (χ1n) is 6.80. The van der Waals surface area contributed by atoms with Crippen LogP contribution in [-0.2, 0) is 0 Å². The number of halogens is 1. The molecular weight excluding hydrogens is 376 g/mol. The molecule has 0 amide bonds. The number of ether oxygens (including phenoxy) is 2. The van der Waals surface area contributed by atoms with Crippen LogP contribution in [-0.4, -0.2) is 19.2 Å². The fraction of sp³-hybridized carbons (Fsp3) is 0.118. The second kappa shape index (κ2) is 7.99. The van der Waals surface area contributed by atoms with E-state index in [1.807, 2.05) is 53.9 Å². The number of hydrogen-bond acceptors (Lipinski definition) is 5. The molecule has 0 aliphatic heterocycles. The lowest BCUT2D eigenvalue weighted by atomic mass is 10.1. The largest absolute Gasteiger partial charge is 0.493 e. The second-order valence-electron chi connectivity index (χ2n) is 4.60. The molecule has 0 aliphatic rings. The van der Waals surface area contributed by atoms with Crippen LogP contribution < -0.4 is 14.8 Å². The van der Waals surface area contributed by atoms with Gasteiger partial charge in [0.15, 0.2) is 16.6 Å². The molecule has 0 fully saturated rings. The molecule has 1 heterocycles. The number of anilines is 2. The Morgan fingerprint density at radius 1 is 0.957 bits per heavy atom. The zero-order valence-corrected chi connectivity index (χ0v) is 15.3. The number of hydrogen-bond donors (Lipinski definition) is 1. The summed E-state index contributed by atoms with van der Waals surface area (Å²) in [7, 11) is 3.26. The van der Waals surface area contributed by atoms with Crippen molar-refractivity contribution in [2.45, 2.75) is 0 Å². The predicted octanol–water partition coefficient (Wildman–Crippen LogP) is 5.15. The van der Waals surface area contributed by atoms with Crippen LogP contribution in [0.5, 0.6) is 11.5 Å². The lowest BCUT2D eigenvalue weighted by Gasteiger charge is -2.08. The van der Waals surface area contributed by atoms with E-state index in [4.69, 9.17) is 9.47 Å². The fourth-order valence-electron chi connectivity index (χ4n) is 2.10. The van der Waals surface area contributed by atoms with Crippen LogP contribution >= 0.6 is 28.3 Å². The Morgan fingerprint density at radius 2 is 1.70 bits per heavy atom. The van der Waals surface area contributed by atoms with Crippen LogP contribution in [0.2, 0.25) is 0 Å². The number of methoxy groups -OCH3 is 2. The van der Waals surface area contributed by atoms with E-state index in [1.165, 1.54) is 0 Å². The number of nitrogens with zero attached hydrogens (tertiary/aromatic N) is 1. The molecule has 0 radical (unpaired) electrons. The molecule has 0 bridgehead atoms. The normalized spacial score (nSPS) is 9.83. The van der Waals surface area contributed by atoms with Gasteiger partial charge in [0.25, 0.3) is 0 Å². The van der Waals surface area contributed by atoms with Gasteiger partial charge in [0, 0.05) is 16.6 Å². The molecule has 0 saturated heterocycles. The maximum Gasteiger partial charge on any atom is 0.187 e. The van der Waals surface area contributed by atoms with Gasteiger partial charge in [0.05, 0.1) is 19.9 Å². The SMILES string of the molecule is Br.COc1ccc(-c2csc(Nc3ccccc3)n2)cc1OC. The van der Waals surface area contributed by atoms with Crippen LogP contribution in [0.4, 0.5) is 10.8 Å². The number of aromatic nitrogens is 1. The molecule has 0 aliphatic carbocycles. The van der Waals surface area contributed by atoms with E-state index in [1.54, 1.807) is 25.6 Å². The van der Waals surface area contributed by atoms with Gasteiger partial charge >= 0.3 is 0 Å². The van der Waals surface area contributed by atoms with Crippen molar-refractivity contribution < 1.29 is 9.47 Å². The maximum absolute atomic E-state index is 5.34. The molecule has 0 atom stereocenters. The van der Waals surface area contributed by atoms with Gasteiger partial charge in [-0.1, -0.05) is 18.2 Å². The van der Waals surface area contributed by atoms with Crippen molar-refractivity contribution in [1.82, 2.24) is 4.98 Å². The molecule has 4 nitrogen and oxygen atoms in total. The Balaban J connectivity index is 0.00000192. The van der Waals surface area contributed by atoms with Crippen molar-refractivity contribution in [2.75, 3.05) is 19.5 Å². The van der Waals surface area contributed by atoms with E-state index < -0.39 is 0 Å². The van der Waals surface area contributed by atoms with E-state index in [9.17, 15) is 0 Å². The molecule has 1 aromatic heterocycles. The summed E-state index contributed by atoms with van der Waals surface area (Å²) in [6.45, 7) is 0. The highest BCUT2D eigenvalue weighted by molar-refractivity contribution is 8.93. The lowest BCUT2D eigenvalue weighted by Crippen LogP contribution is -1.91. The van der Waals surface area contributed by atoms with Gasteiger partial charge in [-0.15, -0.1) is 28.3 Å². The number of rotatable bonds is 5. The minimum Gasteiger partial charge on any atom is -0.493 e. The number of benzene rings is 2. The van der Waals surface area contributed by atoms with Crippen molar-refractivity contribution >= 4 is 39.1 Å². The summed E-state index contributed by atoms with van der Waals surface area (Å²) in [4.78, 5) is 4.62. The summed E-state index contributed by atoms with van der Waals surface area (Å²) >= 11 is 1.57.